The Bertz CT molecular complexity index is 724. The number of rotatable bonds is 2. The van der Waals surface area contributed by atoms with Crippen LogP contribution in [0.2, 0.25) is 0 Å². The first-order valence-electron chi connectivity index (χ1n) is 5.40. The summed E-state index contributed by atoms with van der Waals surface area (Å²) in [4.78, 5) is 2.38. The molecule has 0 fully saturated rings. The van der Waals surface area contributed by atoms with E-state index in [2.05, 4.69) is 10.1 Å². The second-order valence-electron chi connectivity index (χ2n) is 4.06. The molecule has 2 aromatic rings. The molecule has 2 aromatic heterocycles. The summed E-state index contributed by atoms with van der Waals surface area (Å²) in [5, 5.41) is 13.3. The normalized spacial score (nSPS) is 10.7. The first-order valence-corrected chi connectivity index (χ1v) is 5.81. The number of nitrogens with one attached hydrogen (secondary N) is 1. The zero-order chi connectivity index (χ0) is 14.2. The van der Waals surface area contributed by atoms with Gasteiger partial charge in [-0.15, -0.1) is 0 Å². The Hall–Kier alpha value is -2.07. The summed E-state index contributed by atoms with van der Waals surface area (Å²) in [6.45, 7) is 1.75. The largest absolute Gasteiger partial charge is 0.344 e. The summed E-state index contributed by atoms with van der Waals surface area (Å²) in [5.41, 5.74) is 1.53. The Morgan fingerprint density at radius 1 is 1.47 bits per heavy atom. The number of hydrogen-bond acceptors (Lipinski definition) is 3. The van der Waals surface area contributed by atoms with E-state index in [-0.39, 0.29) is 15.9 Å². The highest BCUT2D eigenvalue weighted by atomic mass is 32.1. The van der Waals surface area contributed by atoms with Crippen LogP contribution >= 0.6 is 12.2 Å². The van der Waals surface area contributed by atoms with Crippen LogP contribution in [-0.4, -0.2) is 14.8 Å². The van der Waals surface area contributed by atoms with Gasteiger partial charge in [-0.3, -0.25) is 4.68 Å². The maximum Gasteiger partial charge on any atom is 0.278 e. The molecule has 0 aromatic carbocycles. The lowest BCUT2D eigenvalue weighted by Crippen LogP contribution is -1.96. The van der Waals surface area contributed by atoms with E-state index in [1.807, 2.05) is 6.07 Å². The number of nitrogens with zero attached hydrogens (tertiary/aromatic N) is 3. The Kier molecular flexibility index (Phi) is 3.44. The Morgan fingerprint density at radius 3 is 2.63 bits per heavy atom. The minimum Gasteiger partial charge on any atom is -0.344 e. The van der Waals surface area contributed by atoms with Crippen molar-refractivity contribution in [1.82, 2.24) is 14.8 Å². The molecule has 0 aliphatic rings. The highest BCUT2D eigenvalue weighted by molar-refractivity contribution is 7.71. The number of H-pyrrole nitrogens is 1. The smallest absolute Gasteiger partial charge is 0.278 e. The number of alkyl halides is 2. The van der Waals surface area contributed by atoms with Gasteiger partial charge in [0.05, 0.1) is 17.0 Å². The summed E-state index contributed by atoms with van der Waals surface area (Å²) >= 11 is 4.96. The molecule has 0 radical (unpaired) electrons. The van der Waals surface area contributed by atoms with Gasteiger partial charge in [0.1, 0.15) is 10.7 Å². The van der Waals surface area contributed by atoms with Crippen LogP contribution in [0.1, 0.15) is 23.4 Å². The van der Waals surface area contributed by atoms with Crippen LogP contribution in [0, 0.1) is 22.9 Å². The standard InChI is InChI=1S/C12H10F2N4S/c1-6-9(5-18(2)17-6)7-3-10(11(13)14)16-12(19)8(7)4-15/h3,5,11H,1-2H3,(H,16,19). The summed E-state index contributed by atoms with van der Waals surface area (Å²) in [7, 11) is 1.72. The van der Waals surface area contributed by atoms with Gasteiger partial charge in [0.25, 0.3) is 6.43 Å². The molecule has 4 nitrogen and oxygen atoms in total. The van der Waals surface area contributed by atoms with Crippen LogP contribution < -0.4 is 0 Å². The number of aromatic nitrogens is 3. The fourth-order valence-electron chi connectivity index (χ4n) is 1.88. The molecule has 98 valence electrons. The lowest BCUT2D eigenvalue weighted by atomic mass is 10.0. The predicted octanol–water partition coefficient (Wildman–Crippen LogP) is 3.26. The van der Waals surface area contributed by atoms with E-state index in [0.717, 1.165) is 0 Å². The molecule has 0 saturated carbocycles. The topological polar surface area (TPSA) is 57.4 Å². The Morgan fingerprint density at radius 2 is 2.16 bits per heavy atom. The van der Waals surface area contributed by atoms with Crippen molar-refractivity contribution in [2.24, 2.45) is 7.05 Å². The number of pyridine rings is 1. The summed E-state index contributed by atoms with van der Waals surface area (Å²) in [6.07, 6.45) is -1.000. The minimum atomic E-state index is -2.68. The van der Waals surface area contributed by atoms with E-state index in [9.17, 15) is 8.78 Å². The third-order valence-electron chi connectivity index (χ3n) is 2.70. The summed E-state index contributed by atoms with van der Waals surface area (Å²) in [6, 6.07) is 3.20. The molecule has 2 heterocycles. The highest BCUT2D eigenvalue weighted by Crippen LogP contribution is 2.29. The van der Waals surface area contributed by atoms with Crippen LogP contribution in [0.3, 0.4) is 0 Å². The number of halogens is 2. The van der Waals surface area contributed by atoms with Gasteiger partial charge in [-0.05, 0) is 13.0 Å². The van der Waals surface area contributed by atoms with Crippen LogP contribution in [-0.2, 0) is 7.05 Å². The quantitative estimate of drug-likeness (QED) is 0.859. The van der Waals surface area contributed by atoms with Gasteiger partial charge in [0, 0.05) is 24.4 Å². The molecule has 0 aliphatic heterocycles. The second kappa shape index (κ2) is 4.90. The molecule has 7 heteroatoms. The average molecular weight is 280 g/mol. The van der Waals surface area contributed by atoms with Crippen molar-refractivity contribution in [2.75, 3.05) is 0 Å². The third-order valence-corrected chi connectivity index (χ3v) is 3.01. The van der Waals surface area contributed by atoms with E-state index in [1.54, 1.807) is 24.9 Å². The zero-order valence-corrected chi connectivity index (χ0v) is 11.1. The maximum atomic E-state index is 12.8. The van der Waals surface area contributed by atoms with Gasteiger partial charge in [0.2, 0.25) is 0 Å². The number of hydrogen-bond donors (Lipinski definition) is 1. The molecular weight excluding hydrogens is 270 g/mol. The van der Waals surface area contributed by atoms with Gasteiger partial charge < -0.3 is 4.98 Å². The van der Waals surface area contributed by atoms with Crippen molar-refractivity contribution in [3.05, 3.63) is 33.9 Å². The summed E-state index contributed by atoms with van der Waals surface area (Å²) in [5.74, 6) is 0. The van der Waals surface area contributed by atoms with Gasteiger partial charge in [-0.25, -0.2) is 8.78 Å². The average Bonchev–Trinajstić information content (AvgIpc) is 2.67. The lowest BCUT2D eigenvalue weighted by molar-refractivity contribution is 0.146. The molecule has 0 bridgehead atoms. The third kappa shape index (κ3) is 2.39. The molecule has 0 saturated heterocycles. The molecule has 1 N–H and O–H groups in total. The van der Waals surface area contributed by atoms with Gasteiger partial charge >= 0.3 is 0 Å². The Labute approximate surface area is 113 Å². The Balaban J connectivity index is 2.78. The predicted molar refractivity (Wildman–Crippen MR) is 68.2 cm³/mol. The SMILES string of the molecule is Cc1nn(C)cc1-c1cc(C(F)F)[nH]c(=S)c1C#N. The van der Waals surface area contributed by atoms with Crippen molar-refractivity contribution in [3.63, 3.8) is 0 Å². The van der Waals surface area contributed by atoms with Crippen LogP contribution in [0.5, 0.6) is 0 Å². The fourth-order valence-corrected chi connectivity index (χ4v) is 2.16. The van der Waals surface area contributed by atoms with Crippen molar-refractivity contribution < 1.29 is 8.78 Å². The highest BCUT2D eigenvalue weighted by Gasteiger charge is 2.17. The van der Waals surface area contributed by atoms with Gasteiger partial charge in [-0.1, -0.05) is 12.2 Å². The first-order chi connectivity index (χ1) is 8.93. The fraction of sp³-hybridized carbons (Fsp3) is 0.250. The van der Waals surface area contributed by atoms with Crippen LogP contribution in [0.25, 0.3) is 11.1 Å². The van der Waals surface area contributed by atoms with Crippen LogP contribution in [0.15, 0.2) is 12.3 Å². The first kappa shape index (κ1) is 13.4. The minimum absolute atomic E-state index is 0.0125. The number of aryl methyl sites for hydroxylation is 2. The molecule has 0 spiro atoms. The van der Waals surface area contributed by atoms with Crippen molar-refractivity contribution in [1.29, 1.82) is 5.26 Å². The lowest BCUT2D eigenvalue weighted by Gasteiger charge is -2.07. The van der Waals surface area contributed by atoms with Crippen LogP contribution in [0.4, 0.5) is 8.78 Å². The second-order valence-corrected chi connectivity index (χ2v) is 4.47. The van der Waals surface area contributed by atoms with Crippen molar-refractivity contribution >= 4 is 12.2 Å². The molecule has 19 heavy (non-hydrogen) atoms. The van der Waals surface area contributed by atoms with Gasteiger partial charge in [-0.2, -0.15) is 10.4 Å². The molecule has 0 aliphatic carbocycles. The molecule has 0 atom stereocenters. The molecule has 0 amide bonds. The van der Waals surface area contributed by atoms with E-state index in [0.29, 0.717) is 16.8 Å². The van der Waals surface area contributed by atoms with Crippen molar-refractivity contribution in [3.8, 4) is 17.2 Å². The van der Waals surface area contributed by atoms with E-state index >= 15 is 0 Å². The van der Waals surface area contributed by atoms with E-state index < -0.39 is 6.43 Å². The molecule has 2 rings (SSSR count). The summed E-state index contributed by atoms with van der Waals surface area (Å²) < 4.78 is 27.2. The number of nitriles is 1. The van der Waals surface area contributed by atoms with Gasteiger partial charge in [0.15, 0.2) is 0 Å². The maximum absolute atomic E-state index is 12.8. The molecule has 0 unspecified atom stereocenters. The monoisotopic (exact) mass is 280 g/mol. The van der Waals surface area contributed by atoms with E-state index in [1.165, 1.54) is 6.07 Å². The number of aromatic amines is 1. The zero-order valence-electron chi connectivity index (χ0n) is 10.2. The van der Waals surface area contributed by atoms with E-state index in [4.69, 9.17) is 17.5 Å². The molecular formula is C12H10F2N4S. The van der Waals surface area contributed by atoms with Crippen molar-refractivity contribution in [2.45, 2.75) is 13.3 Å².